The Morgan fingerprint density at radius 3 is 2.39 bits per heavy atom. The maximum absolute atomic E-state index is 13.6. The number of benzene rings is 2. The van der Waals surface area contributed by atoms with Crippen LogP contribution in [0.3, 0.4) is 0 Å². The van der Waals surface area contributed by atoms with E-state index in [9.17, 15) is 17.2 Å². The molecule has 0 heterocycles. The van der Waals surface area contributed by atoms with Crippen LogP contribution in [-0.2, 0) is 10.0 Å². The summed E-state index contributed by atoms with van der Waals surface area (Å²) in [6, 6.07) is 8.49. The molecule has 0 saturated heterocycles. The second-order valence-corrected chi connectivity index (χ2v) is 6.12. The predicted molar refractivity (Wildman–Crippen MR) is 83.2 cm³/mol. The molecular formula is C14H11F2N2NaO3S. The van der Waals surface area contributed by atoms with Crippen molar-refractivity contribution in [2.45, 2.75) is 0 Å². The molecule has 0 aliphatic heterocycles. The van der Waals surface area contributed by atoms with Gasteiger partial charge in [0, 0.05) is 12.1 Å². The van der Waals surface area contributed by atoms with Crippen LogP contribution in [0, 0.1) is 23.0 Å². The molecule has 2 aromatic carbocycles. The Hall–Kier alpha value is -1.66. The van der Waals surface area contributed by atoms with Gasteiger partial charge in [-0.25, -0.2) is 17.2 Å². The van der Waals surface area contributed by atoms with Crippen molar-refractivity contribution in [1.29, 1.82) is 5.26 Å². The molecule has 0 aromatic heterocycles. The summed E-state index contributed by atoms with van der Waals surface area (Å²) in [4.78, 5) is 0. The van der Waals surface area contributed by atoms with E-state index in [2.05, 4.69) is 4.72 Å². The fourth-order valence-electron chi connectivity index (χ4n) is 1.64. The van der Waals surface area contributed by atoms with Crippen LogP contribution in [0.1, 0.15) is 5.56 Å². The van der Waals surface area contributed by atoms with Crippen molar-refractivity contribution >= 4 is 45.3 Å². The van der Waals surface area contributed by atoms with Gasteiger partial charge < -0.3 is 4.74 Å². The molecule has 0 aliphatic carbocycles. The molecule has 5 nitrogen and oxygen atoms in total. The first-order valence-corrected chi connectivity index (χ1v) is 7.82. The van der Waals surface area contributed by atoms with E-state index >= 15 is 0 Å². The third kappa shape index (κ3) is 5.48. The van der Waals surface area contributed by atoms with Gasteiger partial charge in [0.15, 0.2) is 17.3 Å². The first kappa shape index (κ1) is 19.4. The molecule has 0 spiro atoms. The fourth-order valence-corrected chi connectivity index (χ4v) is 2.20. The fraction of sp³-hybridized carbons (Fsp3) is 0.0714. The summed E-state index contributed by atoms with van der Waals surface area (Å²) in [5.41, 5.74) is 0.224. The van der Waals surface area contributed by atoms with E-state index in [0.29, 0.717) is 6.07 Å². The van der Waals surface area contributed by atoms with Crippen molar-refractivity contribution in [2.24, 2.45) is 0 Å². The van der Waals surface area contributed by atoms with Gasteiger partial charge in [0.25, 0.3) is 0 Å². The molecule has 0 bridgehead atoms. The second kappa shape index (κ2) is 7.75. The number of rotatable bonds is 4. The molecule has 9 heteroatoms. The zero-order chi connectivity index (χ0) is 16.3. The number of hydrogen-bond donors (Lipinski definition) is 1. The quantitative estimate of drug-likeness (QED) is 0.861. The maximum atomic E-state index is 13.6. The number of nitrogens with zero attached hydrogens (tertiary/aromatic N) is 1. The van der Waals surface area contributed by atoms with Crippen molar-refractivity contribution in [2.75, 3.05) is 11.0 Å². The summed E-state index contributed by atoms with van der Waals surface area (Å²) in [6.07, 6.45) is 0.938. The Morgan fingerprint density at radius 2 is 1.83 bits per heavy atom. The van der Waals surface area contributed by atoms with Crippen LogP contribution in [0.15, 0.2) is 36.4 Å². The molecule has 2 rings (SSSR count). The normalized spacial score (nSPS) is 10.3. The van der Waals surface area contributed by atoms with Gasteiger partial charge in [-0.3, -0.25) is 4.72 Å². The number of hydrogen-bond acceptors (Lipinski definition) is 4. The summed E-state index contributed by atoms with van der Waals surface area (Å²) in [7, 11) is -3.60. The van der Waals surface area contributed by atoms with Gasteiger partial charge in [0.2, 0.25) is 10.0 Å². The predicted octanol–water partition coefficient (Wildman–Crippen LogP) is 2.35. The summed E-state index contributed by atoms with van der Waals surface area (Å²) < 4.78 is 56.6. The van der Waals surface area contributed by atoms with Crippen LogP contribution < -0.4 is 9.46 Å². The molecule has 0 saturated carbocycles. The van der Waals surface area contributed by atoms with Gasteiger partial charge in [-0.2, -0.15) is 5.26 Å². The van der Waals surface area contributed by atoms with Crippen molar-refractivity contribution in [3.05, 3.63) is 53.6 Å². The van der Waals surface area contributed by atoms with E-state index in [1.807, 2.05) is 6.07 Å². The number of sulfonamides is 1. The molecule has 0 unspecified atom stereocenters. The summed E-state index contributed by atoms with van der Waals surface area (Å²) >= 11 is 0. The Bertz CT molecular complexity index is 867. The van der Waals surface area contributed by atoms with Crippen molar-refractivity contribution in [3.8, 4) is 17.6 Å². The number of nitrogens with one attached hydrogen (secondary N) is 1. The Morgan fingerprint density at radius 1 is 1.13 bits per heavy atom. The zero-order valence-corrected chi connectivity index (χ0v) is 12.1. The van der Waals surface area contributed by atoms with E-state index in [0.717, 1.165) is 18.4 Å². The van der Waals surface area contributed by atoms with Crippen LogP contribution in [0.4, 0.5) is 14.5 Å². The van der Waals surface area contributed by atoms with Gasteiger partial charge in [-0.05, 0) is 24.3 Å². The average Bonchev–Trinajstić information content (AvgIpc) is 2.42. The van der Waals surface area contributed by atoms with Crippen molar-refractivity contribution < 1.29 is 21.9 Å². The van der Waals surface area contributed by atoms with Crippen LogP contribution >= 0.6 is 0 Å². The molecule has 116 valence electrons. The zero-order valence-electron chi connectivity index (χ0n) is 11.3. The molecule has 1 N–H and O–H groups in total. The number of ether oxygens (including phenoxy) is 1. The first-order valence-electron chi connectivity index (χ1n) is 5.93. The van der Waals surface area contributed by atoms with Gasteiger partial charge >= 0.3 is 29.6 Å². The Kier molecular flexibility index (Phi) is 6.53. The summed E-state index contributed by atoms with van der Waals surface area (Å²) in [6.45, 7) is 0. The molecule has 0 radical (unpaired) electrons. The van der Waals surface area contributed by atoms with Crippen LogP contribution in [0.25, 0.3) is 0 Å². The topological polar surface area (TPSA) is 79.2 Å². The van der Waals surface area contributed by atoms with Gasteiger partial charge in [-0.15, -0.1) is 0 Å². The molecule has 0 amide bonds. The minimum atomic E-state index is -3.60. The molecule has 23 heavy (non-hydrogen) atoms. The van der Waals surface area contributed by atoms with Gasteiger partial charge in [0.1, 0.15) is 5.82 Å². The molecule has 0 fully saturated rings. The van der Waals surface area contributed by atoms with Crippen LogP contribution in [-0.4, -0.2) is 44.2 Å². The van der Waals surface area contributed by atoms with E-state index in [1.165, 1.54) is 18.2 Å². The average molecular weight is 348 g/mol. The number of halogens is 2. The number of nitriles is 1. The Labute approximate surface area is 154 Å². The number of anilines is 1. The third-order valence-electron chi connectivity index (χ3n) is 2.52. The van der Waals surface area contributed by atoms with Crippen molar-refractivity contribution in [3.63, 3.8) is 0 Å². The molecule has 2 aromatic rings. The monoisotopic (exact) mass is 348 g/mol. The molecular weight excluding hydrogens is 337 g/mol. The standard InChI is InChI=1S/C14H10F2N2O3S.Na.H/c1-22(19,20)18-12-4-2-9(8-17)6-14(12)21-13-5-3-10(15)7-11(13)16;;/h2-7,18H,1H3;;. The van der Waals surface area contributed by atoms with Crippen molar-refractivity contribution in [1.82, 2.24) is 0 Å². The van der Waals surface area contributed by atoms with E-state index in [1.54, 1.807) is 0 Å². The van der Waals surface area contributed by atoms with E-state index in [-0.39, 0.29) is 52.3 Å². The minimum absolute atomic E-state index is 0. The van der Waals surface area contributed by atoms with Crippen LogP contribution in [0.5, 0.6) is 11.5 Å². The SMILES string of the molecule is CS(=O)(=O)Nc1ccc(C#N)cc1Oc1ccc(F)cc1F.[NaH]. The summed E-state index contributed by atoms with van der Waals surface area (Å²) in [5.74, 6) is -2.10. The molecule has 0 aliphatic rings. The molecule has 0 atom stereocenters. The first-order chi connectivity index (χ1) is 10.3. The second-order valence-electron chi connectivity index (χ2n) is 4.37. The Balaban J connectivity index is 0.00000264. The van der Waals surface area contributed by atoms with Gasteiger partial charge in [0.05, 0.1) is 23.6 Å². The van der Waals surface area contributed by atoms with Crippen LogP contribution in [0.2, 0.25) is 0 Å². The van der Waals surface area contributed by atoms with E-state index < -0.39 is 21.7 Å². The summed E-state index contributed by atoms with van der Waals surface area (Å²) in [5, 5.41) is 8.87. The van der Waals surface area contributed by atoms with Gasteiger partial charge in [-0.1, -0.05) is 0 Å². The van der Waals surface area contributed by atoms with E-state index in [4.69, 9.17) is 10.00 Å². The third-order valence-corrected chi connectivity index (χ3v) is 3.11.